The molecule has 1 amide bonds. The van der Waals surface area contributed by atoms with Crippen LogP contribution in [0.4, 0.5) is 0 Å². The zero-order valence-electron chi connectivity index (χ0n) is 13.3. The number of ether oxygens (including phenoxy) is 2. The lowest BCUT2D eigenvalue weighted by Crippen LogP contribution is -2.42. The summed E-state index contributed by atoms with van der Waals surface area (Å²) in [6.07, 6.45) is 1.91. The second kappa shape index (κ2) is 7.33. The van der Waals surface area contributed by atoms with E-state index in [1.54, 1.807) is 26.4 Å². The molecule has 0 aromatic heterocycles. The predicted octanol–water partition coefficient (Wildman–Crippen LogP) is 2.67. The summed E-state index contributed by atoms with van der Waals surface area (Å²) >= 11 is 3.42. The molecule has 2 rings (SSSR count). The number of likely N-dealkylation sites (tertiary alicyclic amines) is 1. The standard InChI is InChI=1S/C16H23BrN2O3/c1-10(18)11-4-6-19(7-5-11)16(20)12-8-13(21-2)15(17)14(9-12)22-3/h8-11H,4-7,18H2,1-3H3. The van der Waals surface area contributed by atoms with Crippen molar-refractivity contribution in [3.8, 4) is 11.5 Å². The molecule has 0 spiro atoms. The molecule has 1 aliphatic rings. The van der Waals surface area contributed by atoms with E-state index in [1.165, 1.54) is 0 Å². The Morgan fingerprint density at radius 2 is 1.77 bits per heavy atom. The maximum Gasteiger partial charge on any atom is 0.254 e. The fraction of sp³-hybridized carbons (Fsp3) is 0.562. The van der Waals surface area contributed by atoms with Gasteiger partial charge in [0.05, 0.1) is 14.2 Å². The van der Waals surface area contributed by atoms with Crippen molar-refractivity contribution >= 4 is 21.8 Å². The molecule has 1 unspecified atom stereocenters. The van der Waals surface area contributed by atoms with Crippen molar-refractivity contribution in [2.45, 2.75) is 25.8 Å². The number of rotatable bonds is 4. The average molecular weight is 371 g/mol. The molecule has 1 aromatic carbocycles. The normalized spacial score (nSPS) is 17.2. The van der Waals surface area contributed by atoms with Crippen LogP contribution >= 0.6 is 15.9 Å². The Balaban J connectivity index is 2.16. The second-order valence-electron chi connectivity index (χ2n) is 5.68. The number of carbonyl (C=O) groups excluding carboxylic acids is 1. The van der Waals surface area contributed by atoms with E-state index in [9.17, 15) is 4.79 Å². The fourth-order valence-corrected chi connectivity index (χ4v) is 3.36. The molecular formula is C16H23BrN2O3. The van der Waals surface area contributed by atoms with Gasteiger partial charge in [0.25, 0.3) is 5.91 Å². The zero-order chi connectivity index (χ0) is 16.3. The van der Waals surface area contributed by atoms with Crippen LogP contribution in [0, 0.1) is 5.92 Å². The van der Waals surface area contributed by atoms with Crippen molar-refractivity contribution in [1.82, 2.24) is 4.90 Å². The van der Waals surface area contributed by atoms with Gasteiger partial charge in [0.2, 0.25) is 0 Å². The van der Waals surface area contributed by atoms with Gasteiger partial charge in [0.1, 0.15) is 16.0 Å². The highest BCUT2D eigenvalue weighted by Gasteiger charge is 2.26. The Morgan fingerprint density at radius 3 is 2.18 bits per heavy atom. The van der Waals surface area contributed by atoms with Crippen molar-refractivity contribution in [2.24, 2.45) is 11.7 Å². The lowest BCUT2D eigenvalue weighted by Gasteiger charge is -2.33. The van der Waals surface area contributed by atoms with Crippen molar-refractivity contribution in [3.63, 3.8) is 0 Å². The van der Waals surface area contributed by atoms with Gasteiger partial charge in [-0.25, -0.2) is 0 Å². The minimum absolute atomic E-state index is 0.00669. The van der Waals surface area contributed by atoms with E-state index in [-0.39, 0.29) is 11.9 Å². The smallest absolute Gasteiger partial charge is 0.254 e. The molecular weight excluding hydrogens is 348 g/mol. The topological polar surface area (TPSA) is 64.8 Å². The number of carbonyl (C=O) groups is 1. The Bertz CT molecular complexity index is 515. The van der Waals surface area contributed by atoms with Gasteiger partial charge < -0.3 is 20.1 Å². The van der Waals surface area contributed by atoms with Gasteiger partial charge in [-0.15, -0.1) is 0 Å². The highest BCUT2D eigenvalue weighted by Crippen LogP contribution is 2.36. The van der Waals surface area contributed by atoms with Crippen LogP contribution in [0.15, 0.2) is 16.6 Å². The van der Waals surface area contributed by atoms with Gasteiger partial charge in [-0.2, -0.15) is 0 Å². The summed E-state index contributed by atoms with van der Waals surface area (Å²) in [5.41, 5.74) is 6.53. The Labute approximate surface area is 139 Å². The number of nitrogens with zero attached hydrogens (tertiary/aromatic N) is 1. The summed E-state index contributed by atoms with van der Waals surface area (Å²) in [7, 11) is 3.14. The predicted molar refractivity (Wildman–Crippen MR) is 89.5 cm³/mol. The van der Waals surface area contributed by atoms with Crippen molar-refractivity contribution in [2.75, 3.05) is 27.3 Å². The van der Waals surface area contributed by atoms with E-state index < -0.39 is 0 Å². The molecule has 22 heavy (non-hydrogen) atoms. The largest absolute Gasteiger partial charge is 0.495 e. The molecule has 2 N–H and O–H groups in total. The summed E-state index contributed by atoms with van der Waals surface area (Å²) in [4.78, 5) is 14.6. The number of amides is 1. The lowest BCUT2D eigenvalue weighted by atomic mass is 9.90. The van der Waals surface area contributed by atoms with E-state index in [2.05, 4.69) is 15.9 Å². The molecule has 1 saturated heterocycles. The third kappa shape index (κ3) is 3.55. The third-order valence-corrected chi connectivity index (χ3v) is 5.04. The van der Waals surface area contributed by atoms with E-state index in [0.29, 0.717) is 27.5 Å². The molecule has 6 heteroatoms. The summed E-state index contributed by atoms with van der Waals surface area (Å²) in [5, 5.41) is 0. The van der Waals surface area contributed by atoms with Crippen molar-refractivity contribution in [1.29, 1.82) is 0 Å². The van der Waals surface area contributed by atoms with Crippen LogP contribution in [0.5, 0.6) is 11.5 Å². The molecule has 1 atom stereocenters. The van der Waals surface area contributed by atoms with Crippen LogP contribution in [0.1, 0.15) is 30.1 Å². The summed E-state index contributed by atoms with van der Waals surface area (Å²) in [6, 6.07) is 3.67. The van der Waals surface area contributed by atoms with Crippen LogP contribution in [-0.2, 0) is 0 Å². The Morgan fingerprint density at radius 1 is 1.27 bits per heavy atom. The van der Waals surface area contributed by atoms with E-state index in [1.807, 2.05) is 11.8 Å². The molecule has 0 aliphatic carbocycles. The molecule has 1 aromatic rings. The molecule has 0 bridgehead atoms. The van der Waals surface area contributed by atoms with Gasteiger partial charge >= 0.3 is 0 Å². The van der Waals surface area contributed by atoms with E-state index in [4.69, 9.17) is 15.2 Å². The van der Waals surface area contributed by atoms with Crippen LogP contribution in [0.2, 0.25) is 0 Å². The number of hydrogen-bond acceptors (Lipinski definition) is 4. The van der Waals surface area contributed by atoms with Crippen LogP contribution in [-0.4, -0.2) is 44.2 Å². The maximum absolute atomic E-state index is 12.7. The Hall–Kier alpha value is -1.27. The monoisotopic (exact) mass is 370 g/mol. The first-order valence-corrected chi connectivity index (χ1v) is 8.23. The van der Waals surface area contributed by atoms with Gasteiger partial charge in [0.15, 0.2) is 0 Å². The SMILES string of the molecule is COc1cc(C(=O)N2CCC(C(C)N)CC2)cc(OC)c1Br. The maximum atomic E-state index is 12.7. The van der Waals surface area contributed by atoms with Gasteiger partial charge in [0, 0.05) is 24.7 Å². The van der Waals surface area contributed by atoms with E-state index >= 15 is 0 Å². The minimum atomic E-state index is 0.00669. The molecule has 5 nitrogen and oxygen atoms in total. The second-order valence-corrected chi connectivity index (χ2v) is 6.48. The lowest BCUT2D eigenvalue weighted by molar-refractivity contribution is 0.0680. The first-order valence-electron chi connectivity index (χ1n) is 7.44. The quantitative estimate of drug-likeness (QED) is 0.884. The van der Waals surface area contributed by atoms with Gasteiger partial charge in [-0.3, -0.25) is 4.79 Å². The van der Waals surface area contributed by atoms with Gasteiger partial charge in [-0.05, 0) is 53.7 Å². The number of nitrogens with two attached hydrogens (primary N) is 1. The molecule has 1 heterocycles. The molecule has 1 fully saturated rings. The summed E-state index contributed by atoms with van der Waals surface area (Å²) < 4.78 is 11.3. The highest BCUT2D eigenvalue weighted by molar-refractivity contribution is 9.10. The highest BCUT2D eigenvalue weighted by atomic mass is 79.9. The number of piperidine rings is 1. The molecule has 1 aliphatic heterocycles. The first kappa shape index (κ1) is 17.1. The number of halogens is 1. The average Bonchev–Trinajstić information content (AvgIpc) is 2.54. The van der Waals surface area contributed by atoms with Crippen molar-refractivity contribution < 1.29 is 14.3 Å². The zero-order valence-corrected chi connectivity index (χ0v) is 14.9. The molecule has 0 saturated carbocycles. The van der Waals surface area contributed by atoms with Gasteiger partial charge in [-0.1, -0.05) is 0 Å². The number of benzene rings is 1. The molecule has 122 valence electrons. The fourth-order valence-electron chi connectivity index (χ4n) is 2.80. The van der Waals surface area contributed by atoms with Crippen LogP contribution < -0.4 is 15.2 Å². The summed E-state index contributed by atoms with van der Waals surface area (Å²) in [6.45, 7) is 3.52. The number of methoxy groups -OCH3 is 2. The number of hydrogen-bond donors (Lipinski definition) is 1. The molecule has 0 radical (unpaired) electrons. The van der Waals surface area contributed by atoms with Crippen LogP contribution in [0.3, 0.4) is 0 Å². The summed E-state index contributed by atoms with van der Waals surface area (Å²) in [5.74, 6) is 1.69. The van der Waals surface area contributed by atoms with E-state index in [0.717, 1.165) is 25.9 Å². The third-order valence-electron chi connectivity index (χ3n) is 4.26. The Kier molecular flexibility index (Phi) is 5.69. The minimum Gasteiger partial charge on any atom is -0.495 e. The van der Waals surface area contributed by atoms with Crippen LogP contribution in [0.25, 0.3) is 0 Å². The van der Waals surface area contributed by atoms with Crippen molar-refractivity contribution in [3.05, 3.63) is 22.2 Å². The first-order chi connectivity index (χ1) is 10.5.